The molecule has 0 radical (unpaired) electrons. The molecule has 1 amide bonds. The third-order valence-corrected chi connectivity index (χ3v) is 5.42. The van der Waals surface area contributed by atoms with E-state index in [4.69, 9.17) is 21.7 Å². The third kappa shape index (κ3) is 5.55. The second-order valence-electron chi connectivity index (χ2n) is 7.60. The molecule has 2 aromatic rings. The molecule has 1 aliphatic rings. The first kappa shape index (κ1) is 21.3. The van der Waals surface area contributed by atoms with E-state index in [1.54, 1.807) is 0 Å². The van der Waals surface area contributed by atoms with Gasteiger partial charge in [-0.1, -0.05) is 30.4 Å². The van der Waals surface area contributed by atoms with Crippen LogP contribution in [-0.4, -0.2) is 47.7 Å². The average Bonchev–Trinajstić information content (AvgIpc) is 2.68. The second kappa shape index (κ2) is 9.37. The van der Waals surface area contributed by atoms with E-state index in [-0.39, 0.29) is 24.7 Å². The smallest absolute Gasteiger partial charge is 0.262 e. The number of carbonyl (C=O) groups excluding carboxylic acids is 1. The van der Waals surface area contributed by atoms with Crippen molar-refractivity contribution in [1.82, 2.24) is 4.90 Å². The molecular formula is C23H28N2O3S. The van der Waals surface area contributed by atoms with Gasteiger partial charge in [0.1, 0.15) is 10.7 Å². The fourth-order valence-corrected chi connectivity index (χ4v) is 3.84. The summed E-state index contributed by atoms with van der Waals surface area (Å²) in [5, 5.41) is 2.93. The number of anilines is 1. The number of nitrogens with zero attached hydrogens (tertiary/aromatic N) is 1. The Morgan fingerprint density at radius 1 is 1.10 bits per heavy atom. The number of thiocarbonyl (C=S) groups is 1. The van der Waals surface area contributed by atoms with Gasteiger partial charge in [-0.2, -0.15) is 0 Å². The summed E-state index contributed by atoms with van der Waals surface area (Å²) in [4.78, 5) is 15.3. The highest BCUT2D eigenvalue weighted by Crippen LogP contribution is 2.20. The average molecular weight is 413 g/mol. The predicted octanol–water partition coefficient (Wildman–Crippen LogP) is 4.11. The van der Waals surface area contributed by atoms with Crippen molar-refractivity contribution in [2.24, 2.45) is 0 Å². The lowest BCUT2D eigenvalue weighted by molar-refractivity contribution is -0.118. The number of amides is 1. The Hall–Kier alpha value is -2.44. The van der Waals surface area contributed by atoms with Crippen LogP contribution >= 0.6 is 12.2 Å². The molecule has 1 fully saturated rings. The first-order chi connectivity index (χ1) is 13.8. The molecule has 29 heavy (non-hydrogen) atoms. The fourth-order valence-electron chi connectivity index (χ4n) is 3.56. The maximum atomic E-state index is 12.3. The number of hydrogen-bond acceptors (Lipinski definition) is 4. The molecule has 0 bridgehead atoms. The molecular weight excluding hydrogens is 384 g/mol. The summed E-state index contributed by atoms with van der Waals surface area (Å²) in [6.45, 7) is 9.61. The van der Waals surface area contributed by atoms with Gasteiger partial charge >= 0.3 is 0 Å². The molecule has 0 saturated carbocycles. The quantitative estimate of drug-likeness (QED) is 0.749. The molecule has 0 aliphatic carbocycles. The monoisotopic (exact) mass is 412 g/mol. The van der Waals surface area contributed by atoms with Crippen LogP contribution in [0, 0.1) is 13.8 Å². The van der Waals surface area contributed by atoms with Crippen molar-refractivity contribution in [3.05, 3.63) is 59.2 Å². The summed E-state index contributed by atoms with van der Waals surface area (Å²) in [5.41, 5.74) is 3.87. The molecule has 5 nitrogen and oxygen atoms in total. The first-order valence-electron chi connectivity index (χ1n) is 9.87. The van der Waals surface area contributed by atoms with Crippen molar-refractivity contribution in [3.63, 3.8) is 0 Å². The summed E-state index contributed by atoms with van der Waals surface area (Å²) in [6.07, 6.45) is 0.324. The Labute approximate surface area is 178 Å². The molecule has 0 unspecified atom stereocenters. The van der Waals surface area contributed by atoms with Crippen LogP contribution in [0.5, 0.6) is 5.75 Å². The van der Waals surface area contributed by atoms with E-state index in [2.05, 4.69) is 24.1 Å². The van der Waals surface area contributed by atoms with Gasteiger partial charge in [0.2, 0.25) is 0 Å². The van der Waals surface area contributed by atoms with Gasteiger partial charge in [-0.05, 0) is 63.1 Å². The number of aryl methyl sites for hydroxylation is 2. The summed E-state index contributed by atoms with van der Waals surface area (Å²) in [6, 6.07) is 13.5. The van der Waals surface area contributed by atoms with E-state index >= 15 is 0 Å². The van der Waals surface area contributed by atoms with Crippen LogP contribution < -0.4 is 10.1 Å². The lowest BCUT2D eigenvalue weighted by atomic mass is 10.1. The van der Waals surface area contributed by atoms with E-state index in [0.717, 1.165) is 40.5 Å². The van der Waals surface area contributed by atoms with Gasteiger partial charge in [-0.15, -0.1) is 0 Å². The topological polar surface area (TPSA) is 50.8 Å². The van der Waals surface area contributed by atoms with Crippen LogP contribution in [0.1, 0.15) is 30.5 Å². The third-order valence-electron chi connectivity index (χ3n) is 4.92. The van der Waals surface area contributed by atoms with E-state index < -0.39 is 0 Å². The van der Waals surface area contributed by atoms with Crippen molar-refractivity contribution in [3.8, 4) is 5.75 Å². The van der Waals surface area contributed by atoms with Crippen LogP contribution in [-0.2, 0) is 9.53 Å². The molecule has 0 aromatic heterocycles. The summed E-state index contributed by atoms with van der Waals surface area (Å²) >= 11 is 5.66. The van der Waals surface area contributed by atoms with Crippen molar-refractivity contribution in [2.45, 2.75) is 39.9 Å². The second-order valence-corrected chi connectivity index (χ2v) is 7.98. The Morgan fingerprint density at radius 3 is 2.28 bits per heavy atom. The fraction of sp³-hybridized carbons (Fsp3) is 0.391. The van der Waals surface area contributed by atoms with Gasteiger partial charge in [0.05, 0.1) is 12.2 Å². The maximum Gasteiger partial charge on any atom is 0.262 e. The highest BCUT2D eigenvalue weighted by atomic mass is 32.1. The Kier molecular flexibility index (Phi) is 6.87. The molecule has 154 valence electrons. The normalized spacial score (nSPS) is 19.0. The molecule has 3 rings (SSSR count). The van der Waals surface area contributed by atoms with Crippen molar-refractivity contribution < 1.29 is 14.3 Å². The van der Waals surface area contributed by atoms with Gasteiger partial charge in [-0.25, -0.2) is 0 Å². The van der Waals surface area contributed by atoms with Gasteiger partial charge in [-0.3, -0.25) is 4.79 Å². The minimum atomic E-state index is -0.182. The van der Waals surface area contributed by atoms with E-state index in [0.29, 0.717) is 5.75 Å². The van der Waals surface area contributed by atoms with Crippen LogP contribution in [0.4, 0.5) is 5.69 Å². The molecule has 6 heteroatoms. The minimum Gasteiger partial charge on any atom is -0.484 e. The van der Waals surface area contributed by atoms with E-state index in [1.807, 2.05) is 56.3 Å². The molecule has 1 saturated heterocycles. The number of nitrogens with one attached hydrogen (secondary N) is 1. The van der Waals surface area contributed by atoms with E-state index in [9.17, 15) is 4.79 Å². The Morgan fingerprint density at radius 2 is 1.69 bits per heavy atom. The number of ether oxygens (including phenoxy) is 2. The van der Waals surface area contributed by atoms with Gasteiger partial charge in [0, 0.05) is 24.3 Å². The van der Waals surface area contributed by atoms with Crippen molar-refractivity contribution >= 4 is 28.8 Å². The van der Waals surface area contributed by atoms with E-state index in [1.165, 1.54) is 0 Å². The molecule has 1 aliphatic heterocycles. The molecule has 1 N–H and O–H groups in total. The highest BCUT2D eigenvalue weighted by Gasteiger charge is 2.24. The number of benzene rings is 2. The number of carbonyl (C=O) groups is 1. The van der Waals surface area contributed by atoms with Crippen LogP contribution in [0.25, 0.3) is 0 Å². The van der Waals surface area contributed by atoms with Crippen LogP contribution in [0.2, 0.25) is 0 Å². The molecule has 0 spiro atoms. The predicted molar refractivity (Wildman–Crippen MR) is 120 cm³/mol. The number of rotatable bonds is 5. The number of morpholine rings is 1. The highest BCUT2D eigenvalue weighted by molar-refractivity contribution is 7.80. The maximum absolute atomic E-state index is 12.3. The van der Waals surface area contributed by atoms with Gasteiger partial charge in [0.25, 0.3) is 5.91 Å². The van der Waals surface area contributed by atoms with Gasteiger partial charge < -0.3 is 19.7 Å². The zero-order valence-electron chi connectivity index (χ0n) is 17.4. The standard InChI is InChI=1S/C23H28N2O3S/c1-15-6-5-7-16(2)22(15)24-21(26)14-27-20-10-8-19(9-11-20)23(29)25-12-17(3)28-18(4)13-25/h5-11,17-18H,12-14H2,1-4H3,(H,24,26)/t17-,18+. The number of para-hydroxylation sites is 1. The lowest BCUT2D eigenvalue weighted by Gasteiger charge is -2.37. The van der Waals surface area contributed by atoms with Crippen LogP contribution in [0.15, 0.2) is 42.5 Å². The van der Waals surface area contributed by atoms with Crippen LogP contribution in [0.3, 0.4) is 0 Å². The zero-order chi connectivity index (χ0) is 21.0. The first-order valence-corrected chi connectivity index (χ1v) is 10.3. The molecule has 2 atom stereocenters. The summed E-state index contributed by atoms with van der Waals surface area (Å²) < 4.78 is 11.4. The summed E-state index contributed by atoms with van der Waals surface area (Å²) in [7, 11) is 0. The van der Waals surface area contributed by atoms with Crippen molar-refractivity contribution in [2.75, 3.05) is 25.0 Å². The Balaban J connectivity index is 1.55. The van der Waals surface area contributed by atoms with Gasteiger partial charge in [0.15, 0.2) is 6.61 Å². The summed E-state index contributed by atoms with van der Waals surface area (Å²) in [5.74, 6) is 0.454. The SMILES string of the molecule is Cc1cccc(C)c1NC(=O)COc1ccc(C(=S)N2C[C@@H](C)O[C@@H](C)C2)cc1. The molecule has 1 heterocycles. The zero-order valence-corrected chi connectivity index (χ0v) is 18.2. The molecule has 2 aromatic carbocycles. The van der Waals surface area contributed by atoms with Crippen molar-refractivity contribution in [1.29, 1.82) is 0 Å². The largest absolute Gasteiger partial charge is 0.484 e. The Bertz CT molecular complexity index is 852. The minimum absolute atomic E-state index is 0.0456. The number of hydrogen-bond donors (Lipinski definition) is 1. The lowest BCUT2D eigenvalue weighted by Crippen LogP contribution is -2.47.